The number of anilines is 1. The second-order valence-corrected chi connectivity index (χ2v) is 7.04. The van der Waals surface area contributed by atoms with E-state index in [0.717, 1.165) is 0 Å². The zero-order chi connectivity index (χ0) is 19.9. The zero-order valence-electron chi connectivity index (χ0n) is 14.6. The number of hydrogen-bond acceptors (Lipinski definition) is 4. The number of ether oxygens (including phenoxy) is 1. The summed E-state index contributed by atoms with van der Waals surface area (Å²) in [7, 11) is 0. The first-order chi connectivity index (χ1) is 13.5. The van der Waals surface area contributed by atoms with Gasteiger partial charge in [0, 0.05) is 5.56 Å². The average Bonchev–Trinajstić information content (AvgIpc) is 3.23. The van der Waals surface area contributed by atoms with Gasteiger partial charge in [-0.1, -0.05) is 17.7 Å². The fourth-order valence-electron chi connectivity index (χ4n) is 2.32. The normalized spacial score (nSPS) is 10.4. The average molecular weight is 419 g/mol. The Balaban J connectivity index is 1.54. The molecule has 1 aromatic heterocycles. The molecule has 2 aromatic carbocycles. The minimum Gasteiger partial charge on any atom is -0.492 e. The van der Waals surface area contributed by atoms with Gasteiger partial charge in [0.1, 0.15) is 18.2 Å². The molecule has 144 valence electrons. The molecule has 0 fully saturated rings. The van der Waals surface area contributed by atoms with Gasteiger partial charge in [-0.05, 0) is 53.9 Å². The number of halogens is 2. The van der Waals surface area contributed by atoms with Crippen LogP contribution in [0.1, 0.15) is 20.0 Å². The van der Waals surface area contributed by atoms with E-state index in [1.54, 1.807) is 29.6 Å². The van der Waals surface area contributed by atoms with Crippen LogP contribution in [0.5, 0.6) is 5.75 Å². The van der Waals surface area contributed by atoms with Gasteiger partial charge in [-0.2, -0.15) is 0 Å². The summed E-state index contributed by atoms with van der Waals surface area (Å²) in [6, 6.07) is 13.7. The van der Waals surface area contributed by atoms with Crippen molar-refractivity contribution in [3.63, 3.8) is 0 Å². The van der Waals surface area contributed by atoms with Crippen LogP contribution in [0.3, 0.4) is 0 Å². The molecule has 0 saturated carbocycles. The van der Waals surface area contributed by atoms with E-state index >= 15 is 0 Å². The fourth-order valence-corrected chi connectivity index (χ4v) is 3.10. The molecule has 0 aliphatic rings. The quantitative estimate of drug-likeness (QED) is 0.551. The first kappa shape index (κ1) is 19.9. The summed E-state index contributed by atoms with van der Waals surface area (Å²) in [6.07, 6.45) is 0. The number of rotatable bonds is 7. The predicted octanol–water partition coefficient (Wildman–Crippen LogP) is 4.60. The summed E-state index contributed by atoms with van der Waals surface area (Å²) in [6.45, 7) is 0.489. The Hall–Kier alpha value is -2.90. The van der Waals surface area contributed by atoms with Gasteiger partial charge in [-0.15, -0.1) is 11.3 Å². The Morgan fingerprint density at radius 3 is 2.57 bits per heavy atom. The summed E-state index contributed by atoms with van der Waals surface area (Å²) in [5, 5.41) is 7.56. The molecule has 2 N–H and O–H groups in total. The molecule has 3 aromatic rings. The standard InChI is InChI=1S/C20H16ClFN2O3S/c21-16-8-3-13(12-17(16)24-20(26)18-2-1-11-28-18)19(25)23-9-10-27-15-6-4-14(22)5-7-15/h1-8,11-12H,9-10H2,(H,23,25)(H,24,26). The minimum atomic E-state index is -0.342. The Bertz CT molecular complexity index is 962. The highest BCUT2D eigenvalue weighted by atomic mass is 35.5. The van der Waals surface area contributed by atoms with E-state index < -0.39 is 0 Å². The molecular weight excluding hydrogens is 403 g/mol. The van der Waals surface area contributed by atoms with E-state index in [-0.39, 0.29) is 30.8 Å². The summed E-state index contributed by atoms with van der Waals surface area (Å²) in [5.41, 5.74) is 0.711. The SMILES string of the molecule is O=C(NCCOc1ccc(F)cc1)c1ccc(Cl)c(NC(=O)c2cccs2)c1. The van der Waals surface area contributed by atoms with Crippen molar-refractivity contribution >= 4 is 40.4 Å². The van der Waals surface area contributed by atoms with Gasteiger partial charge >= 0.3 is 0 Å². The Labute approximate surface area is 170 Å². The molecule has 5 nitrogen and oxygen atoms in total. The lowest BCUT2D eigenvalue weighted by Crippen LogP contribution is -2.28. The lowest BCUT2D eigenvalue weighted by atomic mass is 10.2. The van der Waals surface area contributed by atoms with Crippen LogP contribution in [0.15, 0.2) is 60.0 Å². The highest BCUT2D eigenvalue weighted by Crippen LogP contribution is 2.24. The van der Waals surface area contributed by atoms with Crippen LogP contribution in [0.4, 0.5) is 10.1 Å². The summed E-state index contributed by atoms with van der Waals surface area (Å²) in [4.78, 5) is 25.0. The number of nitrogens with one attached hydrogen (secondary N) is 2. The summed E-state index contributed by atoms with van der Waals surface area (Å²) >= 11 is 7.43. The van der Waals surface area contributed by atoms with Gasteiger partial charge in [0.2, 0.25) is 0 Å². The van der Waals surface area contributed by atoms with Gasteiger partial charge in [0.25, 0.3) is 11.8 Å². The topological polar surface area (TPSA) is 67.4 Å². The van der Waals surface area contributed by atoms with Gasteiger partial charge < -0.3 is 15.4 Å². The molecule has 0 radical (unpaired) electrons. The number of hydrogen-bond donors (Lipinski definition) is 2. The number of carbonyl (C=O) groups excluding carboxylic acids is 2. The molecule has 0 atom stereocenters. The summed E-state index contributed by atoms with van der Waals surface area (Å²) < 4.78 is 18.3. The van der Waals surface area contributed by atoms with Crippen LogP contribution in [-0.4, -0.2) is 25.0 Å². The van der Waals surface area contributed by atoms with Crippen molar-refractivity contribution in [2.75, 3.05) is 18.5 Å². The van der Waals surface area contributed by atoms with Crippen LogP contribution in [-0.2, 0) is 0 Å². The Kier molecular flexibility index (Phi) is 6.62. The molecule has 1 heterocycles. The predicted molar refractivity (Wildman–Crippen MR) is 108 cm³/mol. The van der Waals surface area contributed by atoms with Crippen LogP contribution >= 0.6 is 22.9 Å². The molecular formula is C20H16ClFN2O3S. The van der Waals surface area contributed by atoms with Crippen LogP contribution in [0.2, 0.25) is 5.02 Å². The maximum absolute atomic E-state index is 12.8. The maximum atomic E-state index is 12.8. The maximum Gasteiger partial charge on any atom is 0.265 e. The first-order valence-corrected chi connectivity index (χ1v) is 9.59. The molecule has 0 bridgehead atoms. The van der Waals surface area contributed by atoms with Gasteiger partial charge in [-0.3, -0.25) is 9.59 Å². The molecule has 0 aliphatic carbocycles. The van der Waals surface area contributed by atoms with Crippen molar-refractivity contribution in [1.29, 1.82) is 0 Å². The highest BCUT2D eigenvalue weighted by molar-refractivity contribution is 7.12. The molecule has 2 amide bonds. The van der Waals surface area contributed by atoms with Crippen molar-refractivity contribution in [2.45, 2.75) is 0 Å². The molecule has 0 saturated heterocycles. The third-order valence-corrected chi connectivity index (χ3v) is 4.89. The van der Waals surface area contributed by atoms with Crippen molar-refractivity contribution < 1.29 is 18.7 Å². The van der Waals surface area contributed by atoms with E-state index in [4.69, 9.17) is 16.3 Å². The Morgan fingerprint density at radius 2 is 1.86 bits per heavy atom. The van der Waals surface area contributed by atoms with E-state index in [1.165, 1.54) is 41.7 Å². The van der Waals surface area contributed by atoms with Gasteiger partial charge in [0.15, 0.2) is 0 Å². The Morgan fingerprint density at radius 1 is 1.07 bits per heavy atom. The van der Waals surface area contributed by atoms with Gasteiger partial charge in [-0.25, -0.2) is 4.39 Å². The second-order valence-electron chi connectivity index (χ2n) is 5.68. The van der Waals surface area contributed by atoms with E-state index in [0.29, 0.717) is 26.9 Å². The number of thiophene rings is 1. The number of carbonyl (C=O) groups is 2. The monoisotopic (exact) mass is 418 g/mol. The number of benzene rings is 2. The third kappa shape index (κ3) is 5.31. The van der Waals surface area contributed by atoms with E-state index in [1.807, 2.05) is 0 Å². The molecule has 0 aliphatic heterocycles. The molecule has 8 heteroatoms. The molecule has 0 spiro atoms. The molecule has 28 heavy (non-hydrogen) atoms. The van der Waals surface area contributed by atoms with Crippen LogP contribution in [0.25, 0.3) is 0 Å². The van der Waals surface area contributed by atoms with Crippen molar-refractivity contribution in [2.24, 2.45) is 0 Å². The largest absolute Gasteiger partial charge is 0.492 e. The van der Waals surface area contributed by atoms with Crippen LogP contribution < -0.4 is 15.4 Å². The lowest BCUT2D eigenvalue weighted by Gasteiger charge is -2.10. The van der Waals surface area contributed by atoms with Crippen LogP contribution in [0, 0.1) is 5.82 Å². The third-order valence-electron chi connectivity index (χ3n) is 3.69. The molecule has 0 unspecified atom stereocenters. The summed E-state index contributed by atoms with van der Waals surface area (Å²) in [5.74, 6) is -0.445. The minimum absolute atomic E-state index is 0.229. The van der Waals surface area contributed by atoms with Crippen molar-refractivity contribution in [3.8, 4) is 5.75 Å². The van der Waals surface area contributed by atoms with Crippen molar-refractivity contribution in [1.82, 2.24) is 5.32 Å². The van der Waals surface area contributed by atoms with E-state index in [9.17, 15) is 14.0 Å². The van der Waals surface area contributed by atoms with Gasteiger partial charge in [0.05, 0.1) is 22.1 Å². The molecule has 3 rings (SSSR count). The zero-order valence-corrected chi connectivity index (χ0v) is 16.1. The second kappa shape index (κ2) is 9.34. The number of amides is 2. The first-order valence-electron chi connectivity index (χ1n) is 8.34. The van der Waals surface area contributed by atoms with E-state index in [2.05, 4.69) is 10.6 Å². The fraction of sp³-hybridized carbons (Fsp3) is 0.100. The highest BCUT2D eigenvalue weighted by Gasteiger charge is 2.12. The lowest BCUT2D eigenvalue weighted by molar-refractivity contribution is 0.0945. The van der Waals surface area contributed by atoms with Crippen molar-refractivity contribution in [3.05, 3.63) is 81.3 Å². The smallest absolute Gasteiger partial charge is 0.265 e.